The largest absolute Gasteiger partial charge is 0.495 e. The van der Waals surface area contributed by atoms with E-state index in [1.54, 1.807) is 7.11 Å². The highest BCUT2D eigenvalue weighted by atomic mass is 35.5. The molecular weight excluding hydrogens is 245 g/mol. The van der Waals surface area contributed by atoms with E-state index in [-0.39, 0.29) is 6.04 Å². The number of halogens is 2. The van der Waals surface area contributed by atoms with Crippen LogP contribution in [0.25, 0.3) is 0 Å². The maximum absolute atomic E-state index is 6.04. The van der Waals surface area contributed by atoms with Crippen molar-refractivity contribution in [1.82, 2.24) is 5.32 Å². The highest BCUT2D eigenvalue weighted by molar-refractivity contribution is 6.32. The van der Waals surface area contributed by atoms with Crippen LogP contribution in [0.15, 0.2) is 29.8 Å². The second-order valence-corrected chi connectivity index (χ2v) is 4.46. The molecule has 1 aromatic carbocycles. The molecule has 4 heteroatoms. The van der Waals surface area contributed by atoms with Crippen LogP contribution in [0.4, 0.5) is 0 Å². The number of methoxy groups -OCH3 is 1. The molecule has 0 fully saturated rings. The molecule has 0 aliphatic carbocycles. The Balaban J connectivity index is 2.72. The van der Waals surface area contributed by atoms with Crippen molar-refractivity contribution in [2.45, 2.75) is 13.0 Å². The fourth-order valence-electron chi connectivity index (χ4n) is 1.33. The molecule has 1 rings (SSSR count). The van der Waals surface area contributed by atoms with Crippen LogP contribution in [0.3, 0.4) is 0 Å². The standard InChI is InChI=1S/C12H15Cl2NO/c1-8(13)7-15-9(2)10-4-5-12(16-3)11(14)6-10/h4-6,9,15H,1,7H2,2-3H3. The molecule has 1 unspecified atom stereocenters. The fourth-order valence-corrected chi connectivity index (χ4v) is 1.68. The van der Waals surface area contributed by atoms with E-state index >= 15 is 0 Å². The van der Waals surface area contributed by atoms with Crippen LogP contribution in [0.1, 0.15) is 18.5 Å². The molecule has 2 nitrogen and oxygen atoms in total. The van der Waals surface area contributed by atoms with Crippen molar-refractivity contribution in [2.75, 3.05) is 13.7 Å². The molecule has 0 aromatic heterocycles. The van der Waals surface area contributed by atoms with Crippen LogP contribution in [0.5, 0.6) is 5.75 Å². The third-order valence-electron chi connectivity index (χ3n) is 2.28. The summed E-state index contributed by atoms with van der Waals surface area (Å²) in [5, 5.41) is 4.43. The molecule has 88 valence electrons. The summed E-state index contributed by atoms with van der Waals surface area (Å²) in [6.07, 6.45) is 0. The minimum absolute atomic E-state index is 0.166. The average molecular weight is 260 g/mol. The van der Waals surface area contributed by atoms with Gasteiger partial charge < -0.3 is 10.1 Å². The summed E-state index contributed by atoms with van der Waals surface area (Å²) in [7, 11) is 1.60. The average Bonchev–Trinajstić information content (AvgIpc) is 2.25. The SMILES string of the molecule is C=C(Cl)CNC(C)c1ccc(OC)c(Cl)c1. The first-order valence-electron chi connectivity index (χ1n) is 4.94. The van der Waals surface area contributed by atoms with Crippen molar-refractivity contribution in [2.24, 2.45) is 0 Å². The third kappa shape index (κ3) is 3.71. The van der Waals surface area contributed by atoms with Crippen molar-refractivity contribution in [3.8, 4) is 5.75 Å². The molecule has 0 aliphatic rings. The second-order valence-electron chi connectivity index (χ2n) is 3.51. The normalized spacial score (nSPS) is 12.2. The van der Waals surface area contributed by atoms with E-state index in [2.05, 4.69) is 11.9 Å². The minimum Gasteiger partial charge on any atom is -0.495 e. The molecule has 0 saturated carbocycles. The van der Waals surface area contributed by atoms with Gasteiger partial charge in [-0.1, -0.05) is 35.8 Å². The van der Waals surface area contributed by atoms with Gasteiger partial charge in [-0.2, -0.15) is 0 Å². The van der Waals surface area contributed by atoms with Gasteiger partial charge in [0.15, 0.2) is 0 Å². The van der Waals surface area contributed by atoms with Gasteiger partial charge in [-0.3, -0.25) is 0 Å². The van der Waals surface area contributed by atoms with E-state index < -0.39 is 0 Å². The lowest BCUT2D eigenvalue weighted by molar-refractivity contribution is 0.414. The number of benzene rings is 1. The zero-order chi connectivity index (χ0) is 12.1. The van der Waals surface area contributed by atoms with E-state index in [0.717, 1.165) is 5.56 Å². The summed E-state index contributed by atoms with van der Waals surface area (Å²) in [6, 6.07) is 5.87. The lowest BCUT2D eigenvalue weighted by Gasteiger charge is -2.15. The van der Waals surface area contributed by atoms with E-state index in [9.17, 15) is 0 Å². The molecule has 0 bridgehead atoms. The Hall–Kier alpha value is -0.700. The number of nitrogens with one attached hydrogen (secondary N) is 1. The molecular formula is C12H15Cl2NO. The number of hydrogen-bond acceptors (Lipinski definition) is 2. The molecule has 16 heavy (non-hydrogen) atoms. The predicted octanol–water partition coefficient (Wildman–Crippen LogP) is 3.75. The van der Waals surface area contributed by atoms with Crippen molar-refractivity contribution in [3.05, 3.63) is 40.4 Å². The number of ether oxygens (including phenoxy) is 1. The Labute approximate surface area is 106 Å². The van der Waals surface area contributed by atoms with E-state index in [1.807, 2.05) is 25.1 Å². The maximum atomic E-state index is 6.04. The first-order chi connectivity index (χ1) is 7.54. The smallest absolute Gasteiger partial charge is 0.137 e. The van der Waals surface area contributed by atoms with Gasteiger partial charge in [0.1, 0.15) is 5.75 Å². The van der Waals surface area contributed by atoms with Crippen LogP contribution >= 0.6 is 23.2 Å². The van der Waals surface area contributed by atoms with Crippen molar-refractivity contribution >= 4 is 23.2 Å². The molecule has 0 saturated heterocycles. The zero-order valence-electron chi connectivity index (χ0n) is 9.39. The molecule has 1 aromatic rings. The summed E-state index contributed by atoms with van der Waals surface area (Å²) >= 11 is 11.7. The van der Waals surface area contributed by atoms with Crippen molar-refractivity contribution in [1.29, 1.82) is 0 Å². The summed E-state index contributed by atoms with van der Waals surface area (Å²) in [6.45, 7) is 6.24. The van der Waals surface area contributed by atoms with Crippen LogP contribution in [-0.4, -0.2) is 13.7 Å². The first kappa shape index (κ1) is 13.4. The second kappa shape index (κ2) is 6.14. The quantitative estimate of drug-likeness (QED) is 0.870. The number of rotatable bonds is 5. The van der Waals surface area contributed by atoms with Crippen molar-refractivity contribution in [3.63, 3.8) is 0 Å². The summed E-state index contributed by atoms with van der Waals surface area (Å²) in [5.41, 5.74) is 1.09. The van der Waals surface area contributed by atoms with Gasteiger partial charge in [-0.25, -0.2) is 0 Å². The molecule has 0 amide bonds. The van der Waals surface area contributed by atoms with Crippen molar-refractivity contribution < 1.29 is 4.74 Å². The van der Waals surface area contributed by atoms with Gasteiger partial charge in [0.2, 0.25) is 0 Å². The van der Waals surface area contributed by atoms with Gasteiger partial charge in [-0.15, -0.1) is 0 Å². The maximum Gasteiger partial charge on any atom is 0.137 e. The molecule has 1 N–H and O–H groups in total. The monoisotopic (exact) mass is 259 g/mol. The first-order valence-corrected chi connectivity index (χ1v) is 5.70. The summed E-state index contributed by atoms with van der Waals surface area (Å²) < 4.78 is 5.09. The fraction of sp³-hybridized carbons (Fsp3) is 0.333. The van der Waals surface area contributed by atoms with Gasteiger partial charge in [-0.05, 0) is 24.6 Å². The molecule has 0 aliphatic heterocycles. The Morgan fingerprint density at radius 1 is 1.56 bits per heavy atom. The molecule has 1 atom stereocenters. The highest BCUT2D eigenvalue weighted by Crippen LogP contribution is 2.27. The summed E-state index contributed by atoms with van der Waals surface area (Å²) in [4.78, 5) is 0. The Morgan fingerprint density at radius 3 is 2.75 bits per heavy atom. The van der Waals surface area contributed by atoms with Gasteiger partial charge in [0.25, 0.3) is 0 Å². The van der Waals surface area contributed by atoms with Crippen LogP contribution in [-0.2, 0) is 0 Å². The third-order valence-corrected chi connectivity index (χ3v) is 2.70. The van der Waals surface area contributed by atoms with E-state index in [1.165, 1.54) is 0 Å². The topological polar surface area (TPSA) is 21.3 Å². The van der Waals surface area contributed by atoms with Crippen LogP contribution in [0, 0.1) is 0 Å². The van der Waals surface area contributed by atoms with E-state index in [0.29, 0.717) is 22.3 Å². The number of hydrogen-bond donors (Lipinski definition) is 1. The van der Waals surface area contributed by atoms with Gasteiger partial charge in [0, 0.05) is 17.6 Å². The molecule has 0 spiro atoms. The highest BCUT2D eigenvalue weighted by Gasteiger charge is 2.08. The minimum atomic E-state index is 0.166. The Bertz CT molecular complexity index is 379. The van der Waals surface area contributed by atoms with Crippen LogP contribution in [0.2, 0.25) is 5.02 Å². The van der Waals surface area contributed by atoms with Gasteiger partial charge in [0.05, 0.1) is 12.1 Å². The molecule has 0 radical (unpaired) electrons. The van der Waals surface area contributed by atoms with E-state index in [4.69, 9.17) is 27.9 Å². The summed E-state index contributed by atoms with van der Waals surface area (Å²) in [5.74, 6) is 0.680. The predicted molar refractivity (Wildman–Crippen MR) is 69.4 cm³/mol. The Morgan fingerprint density at radius 2 is 2.25 bits per heavy atom. The molecule has 0 heterocycles. The van der Waals surface area contributed by atoms with Gasteiger partial charge >= 0.3 is 0 Å². The lowest BCUT2D eigenvalue weighted by Crippen LogP contribution is -2.19. The zero-order valence-corrected chi connectivity index (χ0v) is 10.9. The van der Waals surface area contributed by atoms with Crippen LogP contribution < -0.4 is 10.1 Å². The lowest BCUT2D eigenvalue weighted by atomic mass is 10.1. The Kier molecular flexibility index (Phi) is 5.13.